The first-order valence-electron chi connectivity index (χ1n) is 7.54. The summed E-state index contributed by atoms with van der Waals surface area (Å²) in [6.45, 7) is 4.62. The van der Waals surface area contributed by atoms with Gasteiger partial charge in [-0.15, -0.1) is 0 Å². The van der Waals surface area contributed by atoms with Gasteiger partial charge in [-0.25, -0.2) is 0 Å². The lowest BCUT2D eigenvalue weighted by Crippen LogP contribution is -2.38. The second kappa shape index (κ2) is 8.80. The summed E-state index contributed by atoms with van der Waals surface area (Å²) in [5.74, 6) is -1.21. The van der Waals surface area contributed by atoms with Crippen molar-refractivity contribution in [1.29, 1.82) is 0 Å². The largest absolute Gasteiger partial charge is 0.394 e. The van der Waals surface area contributed by atoms with E-state index in [4.69, 9.17) is 0 Å². The molecule has 5 heteroatoms. The summed E-state index contributed by atoms with van der Waals surface area (Å²) in [5, 5.41) is 2.89. The molecule has 0 radical (unpaired) electrons. The predicted molar refractivity (Wildman–Crippen MR) is 72.2 cm³/mol. The van der Waals surface area contributed by atoms with E-state index in [1.807, 2.05) is 4.90 Å². The lowest BCUT2D eigenvalue weighted by Gasteiger charge is -2.25. The Hall–Kier alpha value is -0.290. The third-order valence-corrected chi connectivity index (χ3v) is 3.76. The zero-order valence-corrected chi connectivity index (χ0v) is 11.9. The van der Waals surface area contributed by atoms with Gasteiger partial charge in [-0.1, -0.05) is 39.0 Å². The number of nitrogens with zero attached hydrogens (tertiary/aromatic N) is 1. The Morgan fingerprint density at radius 1 is 1.11 bits per heavy atom. The second-order valence-corrected chi connectivity index (χ2v) is 5.51. The highest BCUT2D eigenvalue weighted by atomic mass is 19.4. The van der Waals surface area contributed by atoms with Crippen molar-refractivity contribution in [3.05, 3.63) is 0 Å². The highest BCUT2D eigenvalue weighted by Crippen LogP contribution is 2.27. The summed E-state index contributed by atoms with van der Waals surface area (Å²) in [4.78, 5) is 1.97. The Morgan fingerprint density at radius 3 is 2.47 bits per heavy atom. The molecular formula is C14H27F3N2. The van der Waals surface area contributed by atoms with E-state index in [2.05, 4.69) is 12.2 Å². The van der Waals surface area contributed by atoms with Crippen LogP contribution in [0.2, 0.25) is 0 Å². The average molecular weight is 280 g/mol. The topological polar surface area (TPSA) is 15.3 Å². The van der Waals surface area contributed by atoms with E-state index in [0.717, 1.165) is 25.9 Å². The van der Waals surface area contributed by atoms with Gasteiger partial charge in [0.15, 0.2) is 0 Å². The highest BCUT2D eigenvalue weighted by Gasteiger charge is 2.40. The normalized spacial score (nSPS) is 22.4. The monoisotopic (exact) mass is 280 g/mol. The summed E-state index contributed by atoms with van der Waals surface area (Å²) in [7, 11) is 0. The van der Waals surface area contributed by atoms with Crippen molar-refractivity contribution in [2.45, 2.75) is 51.6 Å². The van der Waals surface area contributed by atoms with Gasteiger partial charge >= 0.3 is 6.18 Å². The SMILES string of the molecule is CCCCCCCCN1CCNCC(C(F)(F)F)C1. The molecule has 0 saturated carbocycles. The van der Waals surface area contributed by atoms with E-state index in [-0.39, 0.29) is 13.1 Å². The Bertz CT molecular complexity index is 231. The molecule has 0 amide bonds. The van der Waals surface area contributed by atoms with Crippen molar-refractivity contribution in [2.75, 3.05) is 32.7 Å². The van der Waals surface area contributed by atoms with Crippen molar-refractivity contribution >= 4 is 0 Å². The van der Waals surface area contributed by atoms with Gasteiger partial charge in [-0.05, 0) is 13.0 Å². The van der Waals surface area contributed by atoms with Crippen LogP contribution in [0.3, 0.4) is 0 Å². The number of rotatable bonds is 7. The van der Waals surface area contributed by atoms with Gasteiger partial charge in [0.05, 0.1) is 5.92 Å². The first-order chi connectivity index (χ1) is 9.04. The third-order valence-electron chi connectivity index (χ3n) is 3.76. The van der Waals surface area contributed by atoms with Gasteiger partial charge in [0, 0.05) is 26.2 Å². The molecule has 0 aromatic rings. The Kier molecular flexibility index (Phi) is 7.76. The maximum Gasteiger partial charge on any atom is 0.394 e. The fraction of sp³-hybridized carbons (Fsp3) is 1.00. The molecule has 1 rings (SSSR count). The number of unbranched alkanes of at least 4 members (excludes halogenated alkanes) is 5. The van der Waals surface area contributed by atoms with E-state index in [9.17, 15) is 13.2 Å². The van der Waals surface area contributed by atoms with Crippen LogP contribution in [-0.4, -0.2) is 43.8 Å². The second-order valence-electron chi connectivity index (χ2n) is 5.51. The summed E-state index contributed by atoms with van der Waals surface area (Å²) in [6.07, 6.45) is 3.05. The Morgan fingerprint density at radius 2 is 1.79 bits per heavy atom. The standard InChI is InChI=1S/C14H27F3N2/c1-2-3-4-5-6-7-9-19-10-8-18-11-13(12-19)14(15,16)17/h13,18H,2-12H2,1H3. The first kappa shape index (κ1) is 16.8. The summed E-state index contributed by atoms with van der Waals surface area (Å²) >= 11 is 0. The zero-order chi connectivity index (χ0) is 14.1. The van der Waals surface area contributed by atoms with Crippen LogP contribution in [-0.2, 0) is 0 Å². The molecule has 1 N–H and O–H groups in total. The van der Waals surface area contributed by atoms with E-state index >= 15 is 0 Å². The lowest BCUT2D eigenvalue weighted by molar-refractivity contribution is -0.175. The molecule has 2 nitrogen and oxygen atoms in total. The molecule has 1 atom stereocenters. The van der Waals surface area contributed by atoms with Crippen LogP contribution in [0.5, 0.6) is 0 Å². The lowest BCUT2D eigenvalue weighted by atomic mass is 10.1. The van der Waals surface area contributed by atoms with Crippen LogP contribution in [0, 0.1) is 5.92 Å². The minimum atomic E-state index is -4.07. The molecule has 0 aromatic heterocycles. The molecule has 1 fully saturated rings. The molecule has 19 heavy (non-hydrogen) atoms. The van der Waals surface area contributed by atoms with Crippen LogP contribution in [0.15, 0.2) is 0 Å². The smallest absolute Gasteiger partial charge is 0.315 e. The minimum absolute atomic E-state index is 0.0660. The minimum Gasteiger partial charge on any atom is -0.315 e. The van der Waals surface area contributed by atoms with Crippen LogP contribution < -0.4 is 5.32 Å². The maximum atomic E-state index is 12.8. The summed E-state index contributed by atoms with van der Waals surface area (Å²) in [5.41, 5.74) is 0. The van der Waals surface area contributed by atoms with Crippen molar-refractivity contribution in [3.63, 3.8) is 0 Å². The number of nitrogens with one attached hydrogen (secondary N) is 1. The molecule has 0 aliphatic carbocycles. The third kappa shape index (κ3) is 7.16. The van der Waals surface area contributed by atoms with Crippen LogP contribution in [0.4, 0.5) is 13.2 Å². The van der Waals surface area contributed by atoms with Crippen molar-refractivity contribution in [1.82, 2.24) is 10.2 Å². The number of alkyl halides is 3. The molecule has 1 unspecified atom stereocenters. The van der Waals surface area contributed by atoms with Gasteiger partial charge < -0.3 is 10.2 Å². The first-order valence-corrected chi connectivity index (χ1v) is 7.54. The molecule has 0 spiro atoms. The molecule has 1 heterocycles. The van der Waals surface area contributed by atoms with Crippen LogP contribution >= 0.6 is 0 Å². The molecule has 0 aromatic carbocycles. The number of hydrogen-bond acceptors (Lipinski definition) is 2. The predicted octanol–water partition coefficient (Wildman–Crippen LogP) is 3.43. The van der Waals surface area contributed by atoms with E-state index < -0.39 is 12.1 Å². The molecule has 1 saturated heterocycles. The number of hydrogen-bond donors (Lipinski definition) is 1. The van der Waals surface area contributed by atoms with E-state index in [1.165, 1.54) is 25.7 Å². The summed E-state index contributed by atoms with van der Waals surface area (Å²) < 4.78 is 38.3. The fourth-order valence-electron chi connectivity index (χ4n) is 2.52. The fourth-order valence-corrected chi connectivity index (χ4v) is 2.52. The van der Waals surface area contributed by atoms with Gasteiger partial charge in [-0.3, -0.25) is 0 Å². The number of halogens is 3. The van der Waals surface area contributed by atoms with Crippen molar-refractivity contribution < 1.29 is 13.2 Å². The van der Waals surface area contributed by atoms with Gasteiger partial charge in [0.2, 0.25) is 0 Å². The van der Waals surface area contributed by atoms with Crippen LogP contribution in [0.25, 0.3) is 0 Å². The molecule has 114 valence electrons. The Labute approximate surface area is 114 Å². The Balaban J connectivity index is 2.20. The van der Waals surface area contributed by atoms with Gasteiger partial charge in [-0.2, -0.15) is 13.2 Å². The van der Waals surface area contributed by atoms with Crippen molar-refractivity contribution in [3.8, 4) is 0 Å². The van der Waals surface area contributed by atoms with Crippen molar-refractivity contribution in [2.24, 2.45) is 5.92 Å². The average Bonchev–Trinajstić information content (AvgIpc) is 2.58. The summed E-state index contributed by atoms with van der Waals surface area (Å²) in [6, 6.07) is 0. The molecule has 1 aliphatic heterocycles. The highest BCUT2D eigenvalue weighted by molar-refractivity contribution is 4.78. The zero-order valence-electron chi connectivity index (χ0n) is 11.9. The van der Waals surface area contributed by atoms with Crippen LogP contribution in [0.1, 0.15) is 45.4 Å². The molecule has 1 aliphatic rings. The molecular weight excluding hydrogens is 253 g/mol. The van der Waals surface area contributed by atoms with E-state index in [1.54, 1.807) is 0 Å². The quantitative estimate of drug-likeness (QED) is 0.719. The maximum absolute atomic E-state index is 12.8. The molecule has 0 bridgehead atoms. The van der Waals surface area contributed by atoms with Gasteiger partial charge in [0.25, 0.3) is 0 Å². The van der Waals surface area contributed by atoms with Gasteiger partial charge in [0.1, 0.15) is 0 Å². The van der Waals surface area contributed by atoms with E-state index in [0.29, 0.717) is 6.54 Å².